The van der Waals surface area contributed by atoms with Crippen molar-refractivity contribution in [2.45, 2.75) is 12.6 Å². The molecule has 1 N–H and O–H groups in total. The molecule has 0 aliphatic carbocycles. The third kappa shape index (κ3) is 5.13. The first-order chi connectivity index (χ1) is 15.0. The van der Waals surface area contributed by atoms with Gasteiger partial charge in [-0.1, -0.05) is 24.3 Å². The topological polar surface area (TPSA) is 56.7 Å². The summed E-state index contributed by atoms with van der Waals surface area (Å²) in [7, 11) is 0. The number of carboxylic acids is 1. The normalized spacial score (nSPS) is 15.3. The van der Waals surface area contributed by atoms with Crippen molar-refractivity contribution in [1.82, 2.24) is 14.8 Å². The second-order valence-electron chi connectivity index (χ2n) is 7.66. The van der Waals surface area contributed by atoms with Gasteiger partial charge in [0.1, 0.15) is 11.6 Å². The number of carbonyl (C=O) groups is 1. The molecule has 0 radical (unpaired) electrons. The first-order valence-electron chi connectivity index (χ1n) is 10.1. The van der Waals surface area contributed by atoms with Gasteiger partial charge in [0.25, 0.3) is 0 Å². The van der Waals surface area contributed by atoms with Gasteiger partial charge in [-0.05, 0) is 47.5 Å². The van der Waals surface area contributed by atoms with Crippen molar-refractivity contribution in [2.24, 2.45) is 0 Å². The first kappa shape index (κ1) is 21.1. The number of pyridine rings is 1. The lowest BCUT2D eigenvalue weighted by molar-refractivity contribution is 0.0696. The molecule has 0 saturated carbocycles. The molecule has 1 saturated heterocycles. The molecule has 0 amide bonds. The van der Waals surface area contributed by atoms with Gasteiger partial charge in [0, 0.05) is 38.9 Å². The van der Waals surface area contributed by atoms with E-state index in [1.54, 1.807) is 30.3 Å². The van der Waals surface area contributed by atoms with Crippen molar-refractivity contribution in [1.29, 1.82) is 0 Å². The molecule has 1 aromatic heterocycles. The van der Waals surface area contributed by atoms with Crippen LogP contribution in [0.3, 0.4) is 0 Å². The fourth-order valence-corrected chi connectivity index (χ4v) is 4.01. The summed E-state index contributed by atoms with van der Waals surface area (Å²) >= 11 is 0. The molecular formula is C24H23F2N3O2. The zero-order valence-electron chi connectivity index (χ0n) is 16.9. The molecular weight excluding hydrogens is 400 g/mol. The lowest BCUT2D eigenvalue weighted by Gasteiger charge is -2.39. The Hall–Kier alpha value is -3.16. The lowest BCUT2D eigenvalue weighted by atomic mass is 9.96. The third-order valence-electron chi connectivity index (χ3n) is 5.59. The Morgan fingerprint density at radius 1 is 0.903 bits per heavy atom. The highest BCUT2D eigenvalue weighted by atomic mass is 19.1. The molecule has 0 unspecified atom stereocenters. The number of benzene rings is 2. The van der Waals surface area contributed by atoms with Crippen LogP contribution in [0.25, 0.3) is 0 Å². The predicted octanol–water partition coefficient (Wildman–Crippen LogP) is 3.97. The van der Waals surface area contributed by atoms with E-state index in [2.05, 4.69) is 14.8 Å². The minimum absolute atomic E-state index is 0.100. The van der Waals surface area contributed by atoms with E-state index in [0.29, 0.717) is 6.54 Å². The van der Waals surface area contributed by atoms with Crippen LogP contribution in [0.5, 0.6) is 0 Å². The number of hydrogen-bond acceptors (Lipinski definition) is 4. The van der Waals surface area contributed by atoms with Crippen LogP contribution in [0.15, 0.2) is 66.9 Å². The fourth-order valence-electron chi connectivity index (χ4n) is 4.01. The number of piperazine rings is 1. The highest BCUT2D eigenvalue weighted by molar-refractivity contribution is 5.87. The average Bonchev–Trinajstić information content (AvgIpc) is 2.78. The molecule has 1 fully saturated rings. The first-order valence-corrected chi connectivity index (χ1v) is 10.1. The van der Waals surface area contributed by atoms with Crippen LogP contribution in [0.4, 0.5) is 8.78 Å². The summed E-state index contributed by atoms with van der Waals surface area (Å²) in [6, 6.07) is 15.9. The molecule has 160 valence electrons. The minimum atomic E-state index is -0.963. The summed E-state index contributed by atoms with van der Waals surface area (Å²) in [5, 5.41) is 9.17. The Kier molecular flexibility index (Phi) is 6.34. The van der Waals surface area contributed by atoms with E-state index in [1.165, 1.54) is 36.5 Å². The maximum absolute atomic E-state index is 13.5. The standard InChI is InChI=1S/C24H23F2N3O2/c25-20-5-1-17(2-6-20)23(18-3-7-21(26)8-4-18)29-13-11-28(12-14-29)16-22-15-19(24(30)31)9-10-27-22/h1-10,15,23H,11-14,16H2,(H,30,31). The van der Waals surface area contributed by atoms with Gasteiger partial charge in [0.05, 0.1) is 17.3 Å². The van der Waals surface area contributed by atoms with E-state index in [9.17, 15) is 13.6 Å². The third-order valence-corrected chi connectivity index (χ3v) is 5.59. The van der Waals surface area contributed by atoms with Gasteiger partial charge in [-0.15, -0.1) is 0 Å². The summed E-state index contributed by atoms with van der Waals surface area (Å²) in [4.78, 5) is 20.0. The molecule has 0 spiro atoms. The number of carboxylic acid groups (broad SMARTS) is 1. The molecule has 4 rings (SSSR count). The molecule has 0 atom stereocenters. The molecule has 5 nitrogen and oxygen atoms in total. The van der Waals surface area contributed by atoms with E-state index in [-0.39, 0.29) is 23.2 Å². The predicted molar refractivity (Wildman–Crippen MR) is 113 cm³/mol. The highest BCUT2D eigenvalue weighted by Gasteiger charge is 2.27. The second-order valence-corrected chi connectivity index (χ2v) is 7.66. The van der Waals surface area contributed by atoms with E-state index in [4.69, 9.17) is 5.11 Å². The van der Waals surface area contributed by atoms with Gasteiger partial charge >= 0.3 is 5.97 Å². The Morgan fingerprint density at radius 3 is 1.97 bits per heavy atom. The summed E-state index contributed by atoms with van der Waals surface area (Å²) in [5.41, 5.74) is 2.87. The van der Waals surface area contributed by atoms with E-state index >= 15 is 0 Å². The van der Waals surface area contributed by atoms with E-state index in [1.807, 2.05) is 0 Å². The summed E-state index contributed by atoms with van der Waals surface area (Å²) in [5.74, 6) is -1.54. The van der Waals surface area contributed by atoms with Crippen molar-refractivity contribution in [3.63, 3.8) is 0 Å². The number of nitrogens with zero attached hydrogens (tertiary/aromatic N) is 3. The zero-order valence-corrected chi connectivity index (χ0v) is 16.9. The number of aromatic nitrogens is 1. The second kappa shape index (κ2) is 9.32. The number of halogens is 2. The molecule has 1 aliphatic rings. The number of aromatic carboxylic acids is 1. The maximum atomic E-state index is 13.5. The molecule has 31 heavy (non-hydrogen) atoms. The molecule has 1 aliphatic heterocycles. The summed E-state index contributed by atoms with van der Waals surface area (Å²) < 4.78 is 26.9. The van der Waals surface area contributed by atoms with Crippen molar-refractivity contribution >= 4 is 5.97 Å². The van der Waals surface area contributed by atoms with Crippen LogP contribution in [0, 0.1) is 11.6 Å². The smallest absolute Gasteiger partial charge is 0.335 e. The molecule has 2 heterocycles. The monoisotopic (exact) mass is 423 g/mol. The van der Waals surface area contributed by atoms with Crippen LogP contribution in [-0.4, -0.2) is 52.0 Å². The molecule has 2 aromatic carbocycles. The highest BCUT2D eigenvalue weighted by Crippen LogP contribution is 2.30. The van der Waals surface area contributed by atoms with Crippen molar-refractivity contribution in [3.8, 4) is 0 Å². The van der Waals surface area contributed by atoms with Gasteiger partial charge in [-0.2, -0.15) is 0 Å². The lowest BCUT2D eigenvalue weighted by Crippen LogP contribution is -2.47. The van der Waals surface area contributed by atoms with Crippen molar-refractivity contribution in [3.05, 3.63) is 101 Å². The number of hydrogen-bond donors (Lipinski definition) is 1. The van der Waals surface area contributed by atoms with Gasteiger partial charge in [0.15, 0.2) is 0 Å². The van der Waals surface area contributed by atoms with Crippen LogP contribution >= 0.6 is 0 Å². The van der Waals surface area contributed by atoms with Gasteiger partial charge in [-0.3, -0.25) is 14.8 Å². The van der Waals surface area contributed by atoms with Gasteiger partial charge < -0.3 is 5.11 Å². The Labute approximate surface area is 179 Å². The maximum Gasteiger partial charge on any atom is 0.335 e. The molecule has 0 bridgehead atoms. The Morgan fingerprint density at radius 2 is 1.45 bits per heavy atom. The zero-order chi connectivity index (χ0) is 21.8. The van der Waals surface area contributed by atoms with Crippen LogP contribution in [0.1, 0.15) is 33.2 Å². The van der Waals surface area contributed by atoms with Crippen LogP contribution < -0.4 is 0 Å². The summed E-state index contributed by atoms with van der Waals surface area (Å²) in [6.07, 6.45) is 1.52. The quantitative estimate of drug-likeness (QED) is 0.650. The average molecular weight is 423 g/mol. The fraction of sp³-hybridized carbons (Fsp3) is 0.250. The van der Waals surface area contributed by atoms with Crippen molar-refractivity contribution in [2.75, 3.05) is 26.2 Å². The van der Waals surface area contributed by atoms with Crippen LogP contribution in [-0.2, 0) is 6.54 Å². The van der Waals surface area contributed by atoms with E-state index < -0.39 is 5.97 Å². The largest absolute Gasteiger partial charge is 0.478 e. The SMILES string of the molecule is O=C(O)c1ccnc(CN2CCN(C(c3ccc(F)cc3)c3ccc(F)cc3)CC2)c1. The minimum Gasteiger partial charge on any atom is -0.478 e. The van der Waals surface area contributed by atoms with Gasteiger partial charge in [-0.25, -0.2) is 13.6 Å². The Balaban J connectivity index is 1.48. The van der Waals surface area contributed by atoms with Crippen LogP contribution in [0.2, 0.25) is 0 Å². The van der Waals surface area contributed by atoms with Gasteiger partial charge in [0.2, 0.25) is 0 Å². The van der Waals surface area contributed by atoms with Crippen molar-refractivity contribution < 1.29 is 18.7 Å². The van der Waals surface area contributed by atoms with E-state index in [0.717, 1.165) is 43.0 Å². The molecule has 7 heteroatoms. The number of rotatable bonds is 6. The summed E-state index contributed by atoms with van der Waals surface area (Å²) in [6.45, 7) is 3.65. The molecule has 3 aromatic rings. The Bertz CT molecular complexity index is 988.